The maximum atomic E-state index is 6.22. The third-order valence-corrected chi connectivity index (χ3v) is 5.01. The predicted octanol–water partition coefficient (Wildman–Crippen LogP) is 6.13. The fraction of sp³-hybridized carbons (Fsp3) is 0.292. The molecule has 0 amide bonds. The largest absolute Gasteiger partial charge is 0.384 e. The number of nitrogens with two attached hydrogens (primary N) is 1. The summed E-state index contributed by atoms with van der Waals surface area (Å²) in [6.07, 6.45) is 11.3. The molecule has 2 rings (SSSR count). The van der Waals surface area contributed by atoms with E-state index in [-0.39, 0.29) is 0 Å². The van der Waals surface area contributed by atoms with Crippen molar-refractivity contribution in [2.75, 3.05) is 0 Å². The van der Waals surface area contributed by atoms with Gasteiger partial charge in [0.2, 0.25) is 0 Å². The van der Waals surface area contributed by atoms with Gasteiger partial charge in [-0.3, -0.25) is 0 Å². The van der Waals surface area contributed by atoms with Crippen LogP contribution in [-0.2, 0) is 0 Å². The quantitative estimate of drug-likeness (QED) is 0.593. The van der Waals surface area contributed by atoms with Gasteiger partial charge in [0.1, 0.15) is 5.82 Å². The van der Waals surface area contributed by atoms with Gasteiger partial charge in [-0.15, -0.1) is 0 Å². The van der Waals surface area contributed by atoms with Crippen LogP contribution < -0.4 is 5.73 Å². The molecule has 1 unspecified atom stereocenters. The van der Waals surface area contributed by atoms with Crippen LogP contribution in [0, 0.1) is 12.8 Å². The molecule has 2 nitrogen and oxygen atoms in total. The van der Waals surface area contributed by atoms with Gasteiger partial charge in [-0.1, -0.05) is 68.1 Å². The number of rotatable bonds is 7. The normalized spacial score (nSPS) is 16.2. The lowest BCUT2D eigenvalue weighted by molar-refractivity contribution is 0.661. The van der Waals surface area contributed by atoms with Crippen molar-refractivity contribution in [3.05, 3.63) is 89.3 Å². The molecule has 0 aromatic heterocycles. The van der Waals surface area contributed by atoms with Crippen LogP contribution in [0.2, 0.25) is 0 Å². The molecule has 2 heteroatoms. The molecule has 0 fully saturated rings. The minimum absolute atomic E-state index is 0.304. The molecule has 1 aliphatic carbocycles. The summed E-state index contributed by atoms with van der Waals surface area (Å²) in [5.74, 6) is 0.871. The molecular formula is C24H30N2. The molecule has 0 spiro atoms. The van der Waals surface area contributed by atoms with Gasteiger partial charge >= 0.3 is 0 Å². The lowest BCUT2D eigenvalue weighted by atomic mass is 9.88. The van der Waals surface area contributed by atoms with E-state index in [4.69, 9.17) is 5.73 Å². The molecule has 0 heterocycles. The summed E-state index contributed by atoms with van der Waals surface area (Å²) in [6.45, 7) is 14.7. The molecule has 1 aromatic carbocycles. The Morgan fingerprint density at radius 3 is 2.69 bits per heavy atom. The van der Waals surface area contributed by atoms with Gasteiger partial charge in [0.05, 0.1) is 0 Å². The van der Waals surface area contributed by atoms with Crippen LogP contribution in [0.1, 0.15) is 44.2 Å². The zero-order valence-corrected chi connectivity index (χ0v) is 16.3. The number of hydrogen-bond acceptors (Lipinski definition) is 2. The molecule has 0 aliphatic heterocycles. The zero-order chi connectivity index (χ0) is 19.1. The van der Waals surface area contributed by atoms with Gasteiger partial charge in [0, 0.05) is 6.21 Å². The van der Waals surface area contributed by atoms with Crippen LogP contribution in [-0.4, -0.2) is 6.21 Å². The Morgan fingerprint density at radius 2 is 2.04 bits per heavy atom. The molecule has 0 bridgehead atoms. The summed E-state index contributed by atoms with van der Waals surface area (Å²) in [5.41, 5.74) is 13.0. The summed E-state index contributed by atoms with van der Waals surface area (Å²) in [7, 11) is 0. The van der Waals surface area contributed by atoms with Crippen molar-refractivity contribution in [3.63, 3.8) is 0 Å². The second kappa shape index (κ2) is 9.19. The summed E-state index contributed by atoms with van der Waals surface area (Å²) in [6, 6.07) is 8.15. The first-order valence-electron chi connectivity index (χ1n) is 9.19. The van der Waals surface area contributed by atoms with Crippen molar-refractivity contribution in [2.45, 2.75) is 40.0 Å². The van der Waals surface area contributed by atoms with E-state index in [0.29, 0.717) is 11.7 Å². The molecule has 0 radical (unpaired) electrons. The van der Waals surface area contributed by atoms with Gasteiger partial charge in [-0.05, 0) is 66.9 Å². The Balaban J connectivity index is 2.04. The Labute approximate surface area is 158 Å². The van der Waals surface area contributed by atoms with E-state index in [1.54, 1.807) is 6.21 Å². The maximum absolute atomic E-state index is 6.22. The molecule has 26 heavy (non-hydrogen) atoms. The van der Waals surface area contributed by atoms with E-state index in [0.717, 1.165) is 36.0 Å². The fourth-order valence-corrected chi connectivity index (χ4v) is 3.06. The second-order valence-electron chi connectivity index (χ2n) is 7.03. The number of aliphatic imine (C=N–C) groups is 1. The molecule has 2 N–H and O–H groups in total. The summed E-state index contributed by atoms with van der Waals surface area (Å²) < 4.78 is 0. The summed E-state index contributed by atoms with van der Waals surface area (Å²) >= 11 is 0. The van der Waals surface area contributed by atoms with Gasteiger partial charge in [0.15, 0.2) is 0 Å². The Hall–Kier alpha value is -2.61. The Bertz CT molecular complexity index is 803. The lowest BCUT2D eigenvalue weighted by Gasteiger charge is -2.18. The van der Waals surface area contributed by atoms with Crippen molar-refractivity contribution >= 4 is 11.8 Å². The molecule has 136 valence electrons. The topological polar surface area (TPSA) is 38.4 Å². The average Bonchev–Trinajstić information content (AvgIpc) is 2.66. The van der Waals surface area contributed by atoms with Gasteiger partial charge in [-0.2, -0.15) is 0 Å². The van der Waals surface area contributed by atoms with Crippen molar-refractivity contribution in [3.8, 4) is 0 Å². The molecule has 0 saturated heterocycles. The highest BCUT2D eigenvalue weighted by molar-refractivity contribution is 6.09. The highest BCUT2D eigenvalue weighted by Crippen LogP contribution is 2.28. The minimum atomic E-state index is 0.304. The van der Waals surface area contributed by atoms with Gasteiger partial charge < -0.3 is 5.73 Å². The van der Waals surface area contributed by atoms with Crippen molar-refractivity contribution in [2.24, 2.45) is 16.6 Å². The van der Waals surface area contributed by atoms with E-state index in [1.165, 1.54) is 16.7 Å². The Morgan fingerprint density at radius 1 is 1.31 bits per heavy atom. The summed E-state index contributed by atoms with van der Waals surface area (Å²) in [5, 5.41) is 0. The van der Waals surface area contributed by atoms with E-state index in [9.17, 15) is 0 Å². The molecule has 0 saturated carbocycles. The highest BCUT2D eigenvalue weighted by Gasteiger charge is 2.13. The highest BCUT2D eigenvalue weighted by atomic mass is 14.9. The van der Waals surface area contributed by atoms with Crippen LogP contribution in [0.5, 0.6) is 0 Å². The molecular weight excluding hydrogens is 316 g/mol. The first-order chi connectivity index (χ1) is 12.4. The maximum Gasteiger partial charge on any atom is 0.122 e. The number of aryl methyl sites for hydroxylation is 1. The van der Waals surface area contributed by atoms with Crippen LogP contribution in [0.3, 0.4) is 0 Å². The number of benzene rings is 1. The fourth-order valence-electron chi connectivity index (χ4n) is 3.06. The number of hydrogen-bond donors (Lipinski definition) is 1. The standard InChI is InChI=1S/C24H30N2/c1-17-11-9-10-14-23(17)20(4)16-26-24(25)21(5)18(2)15-19(3)22-12-7-6-8-13-22/h6-7,9-12,14,16,18H,3-4,8,13,15,25H2,1-2,5H3/b24-21+,26-16-. The zero-order valence-electron chi connectivity index (χ0n) is 16.3. The van der Waals surface area contributed by atoms with Crippen LogP contribution in [0.25, 0.3) is 5.57 Å². The van der Waals surface area contributed by atoms with Gasteiger partial charge in [-0.25, -0.2) is 4.99 Å². The number of nitrogens with zero attached hydrogens (tertiary/aromatic N) is 1. The number of allylic oxidation sites excluding steroid dienone is 7. The van der Waals surface area contributed by atoms with Crippen molar-refractivity contribution < 1.29 is 0 Å². The average molecular weight is 347 g/mol. The first-order valence-corrected chi connectivity index (χ1v) is 9.19. The molecule has 1 aliphatic rings. The second-order valence-corrected chi connectivity index (χ2v) is 7.03. The smallest absolute Gasteiger partial charge is 0.122 e. The minimum Gasteiger partial charge on any atom is -0.384 e. The van der Waals surface area contributed by atoms with E-state index in [2.05, 4.69) is 69.3 Å². The SMILES string of the molecule is C=C(CC(C)/C(C)=C(N)/N=C\C(=C)c1ccccc1C)C1=CC=CCC1. The van der Waals surface area contributed by atoms with Crippen molar-refractivity contribution in [1.82, 2.24) is 0 Å². The third kappa shape index (κ3) is 5.19. The predicted molar refractivity (Wildman–Crippen MR) is 115 cm³/mol. The van der Waals surface area contributed by atoms with E-state index < -0.39 is 0 Å². The van der Waals surface area contributed by atoms with Crippen LogP contribution in [0.15, 0.2) is 83.2 Å². The van der Waals surface area contributed by atoms with Gasteiger partial charge in [0.25, 0.3) is 0 Å². The lowest BCUT2D eigenvalue weighted by Crippen LogP contribution is -2.07. The monoisotopic (exact) mass is 346 g/mol. The first kappa shape index (κ1) is 19.7. The van der Waals surface area contributed by atoms with E-state index >= 15 is 0 Å². The Kier molecular flexibility index (Phi) is 6.97. The molecule has 1 aromatic rings. The van der Waals surface area contributed by atoms with Crippen LogP contribution >= 0.6 is 0 Å². The van der Waals surface area contributed by atoms with Crippen molar-refractivity contribution in [1.29, 1.82) is 0 Å². The van der Waals surface area contributed by atoms with Crippen LogP contribution in [0.4, 0.5) is 0 Å². The molecule has 1 atom stereocenters. The summed E-state index contributed by atoms with van der Waals surface area (Å²) in [4.78, 5) is 4.46. The third-order valence-electron chi connectivity index (χ3n) is 5.01. The van der Waals surface area contributed by atoms with E-state index in [1.807, 2.05) is 12.1 Å².